The Morgan fingerprint density at radius 3 is 1.29 bits per heavy atom. The molecular weight excluding hydrogens is 1140 g/mol. The van der Waals surface area contributed by atoms with Gasteiger partial charge in [0, 0.05) is 80.1 Å². The molecule has 2 saturated carbocycles. The monoisotopic (exact) mass is 1310 g/mol. The summed E-state index contributed by atoms with van der Waals surface area (Å²) in [6.07, 6.45) is 28.1. The van der Waals surface area contributed by atoms with Gasteiger partial charge in [0.05, 0.1) is 37.1 Å². The fourth-order valence-corrected chi connectivity index (χ4v) is 13.7. The minimum absolute atomic E-state index is 0.379. The van der Waals surface area contributed by atoms with E-state index in [4.69, 9.17) is 25.7 Å². The molecule has 0 aromatic heterocycles. The number of nitrogens with two attached hydrogens (primary N) is 2. The normalized spacial score (nSPS) is 25.3. The Balaban J connectivity index is 0.000000526. The van der Waals surface area contributed by atoms with Gasteiger partial charge in [-0.05, 0) is 308 Å². The molecule has 16 nitrogen and oxygen atoms in total. The van der Waals surface area contributed by atoms with Crippen LogP contribution in [-0.2, 0) is 14.2 Å². The lowest BCUT2D eigenvalue weighted by atomic mass is 9.86. The summed E-state index contributed by atoms with van der Waals surface area (Å²) in [5, 5.41) is 20.8. The lowest BCUT2D eigenvalue weighted by Gasteiger charge is -2.37. The van der Waals surface area contributed by atoms with Gasteiger partial charge in [-0.25, -0.2) is 0 Å². The van der Waals surface area contributed by atoms with Crippen LogP contribution in [0.5, 0.6) is 0 Å². The van der Waals surface area contributed by atoms with Crippen LogP contribution >= 0.6 is 0 Å². The van der Waals surface area contributed by atoms with Crippen molar-refractivity contribution in [2.24, 2.45) is 29.2 Å². The number of ether oxygens (including phenoxy) is 3. The van der Waals surface area contributed by atoms with Crippen LogP contribution in [-0.4, -0.2) is 248 Å². The second kappa shape index (κ2) is 55.2. The molecule has 8 aliphatic rings. The predicted octanol–water partition coefficient (Wildman–Crippen LogP) is 11.4. The molecule has 8 rings (SSSR count). The smallest absolute Gasteiger partial charge is 0.0625 e. The highest BCUT2D eigenvalue weighted by Crippen LogP contribution is 2.25. The van der Waals surface area contributed by atoms with Gasteiger partial charge in [0.2, 0.25) is 0 Å². The third kappa shape index (κ3) is 47.4. The van der Waals surface area contributed by atoms with Gasteiger partial charge in [-0.15, -0.1) is 0 Å². The Morgan fingerprint density at radius 1 is 0.457 bits per heavy atom. The van der Waals surface area contributed by atoms with Crippen LogP contribution in [0.2, 0.25) is 0 Å². The molecular formula is C76H165N13O3. The van der Waals surface area contributed by atoms with Crippen LogP contribution in [0.3, 0.4) is 0 Å². The van der Waals surface area contributed by atoms with Crippen molar-refractivity contribution in [3.63, 3.8) is 0 Å². The van der Waals surface area contributed by atoms with Crippen molar-refractivity contribution in [2.75, 3.05) is 132 Å². The van der Waals surface area contributed by atoms with E-state index >= 15 is 0 Å². The first-order valence-electron chi connectivity index (χ1n) is 39.1. The molecule has 0 spiro atoms. The van der Waals surface area contributed by atoms with E-state index in [1.165, 1.54) is 213 Å². The summed E-state index contributed by atoms with van der Waals surface area (Å²) in [6, 6.07) is 6.78. The van der Waals surface area contributed by atoms with Crippen LogP contribution in [0.15, 0.2) is 0 Å². The van der Waals surface area contributed by atoms with Crippen molar-refractivity contribution >= 4 is 0 Å². The Labute approximate surface area is 573 Å². The van der Waals surface area contributed by atoms with Crippen LogP contribution in [0.1, 0.15) is 253 Å². The first kappa shape index (κ1) is 89.4. The highest BCUT2D eigenvalue weighted by atomic mass is 16.5. The third-order valence-electron chi connectivity index (χ3n) is 19.9. The molecule has 92 heavy (non-hydrogen) atoms. The van der Waals surface area contributed by atoms with Crippen molar-refractivity contribution in [3.8, 4) is 0 Å². The molecule has 2 aliphatic carbocycles. The zero-order valence-electron chi connectivity index (χ0n) is 65.2. The number of likely N-dealkylation sites (tertiary alicyclic amines) is 4. The molecule has 2 unspecified atom stereocenters. The van der Waals surface area contributed by atoms with Gasteiger partial charge in [0.25, 0.3) is 0 Å². The Hall–Kier alpha value is -0.640. The second-order valence-electron chi connectivity index (χ2n) is 31.3. The summed E-state index contributed by atoms with van der Waals surface area (Å²) in [7, 11) is 6.64. The van der Waals surface area contributed by atoms with Crippen LogP contribution in [0, 0.1) is 17.8 Å². The van der Waals surface area contributed by atoms with E-state index in [9.17, 15) is 0 Å². The molecule has 0 radical (unpaired) electrons. The Bertz CT molecular complexity index is 1560. The lowest BCUT2D eigenvalue weighted by molar-refractivity contribution is -0.0232. The summed E-state index contributed by atoms with van der Waals surface area (Å²) in [6.45, 7) is 59.3. The molecule has 0 amide bonds. The highest BCUT2D eigenvalue weighted by molar-refractivity contribution is 4.83. The van der Waals surface area contributed by atoms with Crippen molar-refractivity contribution in [1.29, 1.82) is 0 Å². The molecule has 16 heteroatoms. The van der Waals surface area contributed by atoms with E-state index in [1.807, 2.05) is 0 Å². The topological polar surface area (TPSA) is 168 Å². The van der Waals surface area contributed by atoms with E-state index in [-0.39, 0.29) is 0 Å². The van der Waals surface area contributed by atoms with Crippen molar-refractivity contribution < 1.29 is 14.2 Å². The van der Waals surface area contributed by atoms with Crippen molar-refractivity contribution in [3.05, 3.63) is 0 Å². The van der Waals surface area contributed by atoms with Crippen molar-refractivity contribution in [2.45, 2.75) is 344 Å². The van der Waals surface area contributed by atoms with E-state index < -0.39 is 0 Å². The van der Waals surface area contributed by atoms with Gasteiger partial charge in [0.15, 0.2) is 0 Å². The maximum Gasteiger partial charge on any atom is 0.0625 e. The van der Waals surface area contributed by atoms with Crippen LogP contribution in [0.25, 0.3) is 0 Å². The molecule has 6 saturated heterocycles. The lowest BCUT2D eigenvalue weighted by Crippen LogP contribution is -2.44. The van der Waals surface area contributed by atoms with E-state index in [1.54, 1.807) is 0 Å². The average molecular weight is 1310 g/mol. The highest BCUT2D eigenvalue weighted by Gasteiger charge is 2.26. The number of hydrogen-bond donors (Lipinski definition) is 8. The van der Waals surface area contributed by atoms with Gasteiger partial charge < -0.3 is 72.3 Å². The Morgan fingerprint density at radius 2 is 0.870 bits per heavy atom. The van der Waals surface area contributed by atoms with Gasteiger partial charge in [-0.1, -0.05) is 69.2 Å². The number of nitrogens with one attached hydrogen (secondary N) is 6. The fraction of sp³-hybridized carbons (Fsp3) is 1.00. The molecule has 0 aromatic carbocycles. The minimum Gasteiger partial charge on any atom is -0.377 e. The first-order chi connectivity index (χ1) is 43.7. The molecule has 8 fully saturated rings. The van der Waals surface area contributed by atoms with Gasteiger partial charge in [0.1, 0.15) is 0 Å². The maximum absolute atomic E-state index is 5.83. The zero-order chi connectivity index (χ0) is 68.8. The average Bonchev–Trinajstić information content (AvgIpc) is 3.72. The van der Waals surface area contributed by atoms with Crippen LogP contribution in [0.4, 0.5) is 0 Å². The third-order valence-corrected chi connectivity index (χ3v) is 19.9. The molecule has 2 atom stereocenters. The first-order valence-corrected chi connectivity index (χ1v) is 39.1. The van der Waals surface area contributed by atoms with E-state index in [0.29, 0.717) is 72.8 Å². The van der Waals surface area contributed by atoms with Crippen LogP contribution < -0.4 is 43.4 Å². The maximum atomic E-state index is 5.83. The molecule has 6 heterocycles. The number of rotatable bonds is 23. The number of hydrogen-bond acceptors (Lipinski definition) is 16. The zero-order valence-corrected chi connectivity index (χ0v) is 65.2. The molecule has 0 aromatic rings. The van der Waals surface area contributed by atoms with E-state index in [2.05, 4.69) is 202 Å². The molecule has 552 valence electrons. The second-order valence-corrected chi connectivity index (χ2v) is 31.3. The Kier molecular flexibility index (Phi) is 53.6. The fourth-order valence-electron chi connectivity index (χ4n) is 13.7. The summed E-state index contributed by atoms with van der Waals surface area (Å²) in [5.74, 6) is 2.60. The van der Waals surface area contributed by atoms with Gasteiger partial charge in [-0.2, -0.15) is 0 Å². The number of piperidine rings is 4. The van der Waals surface area contributed by atoms with Crippen molar-refractivity contribution in [1.82, 2.24) is 56.4 Å². The summed E-state index contributed by atoms with van der Waals surface area (Å²) < 4.78 is 17.0. The summed E-state index contributed by atoms with van der Waals surface area (Å²) in [4.78, 5) is 12.4. The van der Waals surface area contributed by atoms with Gasteiger partial charge in [-0.3, -0.25) is 9.80 Å². The minimum atomic E-state index is 0.379. The summed E-state index contributed by atoms with van der Waals surface area (Å²) >= 11 is 0. The quantitative estimate of drug-likeness (QED) is 0.0486. The number of nitrogens with zero attached hydrogens (tertiary/aromatic N) is 5. The van der Waals surface area contributed by atoms with Gasteiger partial charge >= 0.3 is 0 Å². The van der Waals surface area contributed by atoms with E-state index in [0.717, 1.165) is 62.1 Å². The predicted molar refractivity (Wildman–Crippen MR) is 402 cm³/mol. The standard InChI is InChI=1S/4C10H22N2.C10H21NO.C9H20N2.C9H19NO.C8H17NO/c1-9(2)12(4)10-5-7-11(3)8-6-10;1-8(2)12-7-9-3-5-10(11)6-4-9;1-8(2)12-10-5-3-9(7-11)4-6-10;1-4-12-7-5-6-10(12)8-11-9(2)3;1-4-11-7-5-6-10(11)8-12-9(2)3;1-8(2)11-7-9-3-5-10-6-4-9;1-8(2)11-9-4-6-10(3)7-5-9;1-7(2)10-8-3-5-9-6-4-8/h9-10H,5-8H2,1-4H3;2*8-10,12H,3-7,11H2,1-2H3;9-11H,4-8H2,1-3H3;9-10H,4-8H2,1-3H3;8-11H,3-7H2,1-2H3;8-9H,4-7H2,1-3H3;7-9H,3-6H2,1-2H3. The number of likely N-dealkylation sites (N-methyl/N-ethyl adjacent to an activating group) is 2. The largest absolute Gasteiger partial charge is 0.377 e. The SMILES string of the molecule is CC(C)N(C)C1CCN(C)CC1.CC(C)NC1CCC(CN)CC1.CC(C)NCC1CCC(N)CC1.CC(C)NCC1CCNCC1.CC(C)OC1CCN(C)CC1.CC(C)OC1CCNCC1.CCN1CCCC1CNC(C)C.CCN1CCCC1COC(C)C. The summed E-state index contributed by atoms with van der Waals surface area (Å²) in [5.41, 5.74) is 11.5. The molecule has 10 N–H and O–H groups in total. The molecule has 6 aliphatic heterocycles. The molecule has 0 bridgehead atoms.